The van der Waals surface area contributed by atoms with Crippen LogP contribution in [0.15, 0.2) is 0 Å². The second-order valence-corrected chi connectivity index (χ2v) is 4.60. The van der Waals surface area contributed by atoms with Crippen LogP contribution in [0.25, 0.3) is 0 Å². The molecule has 0 saturated heterocycles. The molecule has 0 bridgehead atoms. The second kappa shape index (κ2) is 7.69. The molecule has 0 aromatic carbocycles. The van der Waals surface area contributed by atoms with Crippen molar-refractivity contribution in [1.29, 1.82) is 0 Å². The summed E-state index contributed by atoms with van der Waals surface area (Å²) in [5, 5.41) is 2.97. The molecule has 0 spiro atoms. The molecule has 1 N–H and O–H groups in total. The Balaban J connectivity index is 4.32. The van der Waals surface area contributed by atoms with E-state index in [1.807, 2.05) is 6.92 Å². The van der Waals surface area contributed by atoms with Crippen molar-refractivity contribution in [3.63, 3.8) is 0 Å². The molecule has 0 aromatic heterocycles. The van der Waals surface area contributed by atoms with Gasteiger partial charge in [0.2, 0.25) is 0 Å². The van der Waals surface area contributed by atoms with Crippen molar-refractivity contribution < 1.29 is 27.4 Å². The number of carbonyl (C=O) groups is 1. The van der Waals surface area contributed by atoms with Gasteiger partial charge in [0, 0.05) is 6.42 Å². The van der Waals surface area contributed by atoms with Crippen LogP contribution in [0.4, 0.5) is 13.2 Å². The normalized spacial score (nSPS) is 16.8. The number of carbonyl (C=O) groups excluding carboxylic acids is 1. The maximum atomic E-state index is 12.0. The van der Waals surface area contributed by atoms with E-state index in [1.54, 1.807) is 13.8 Å². The molecule has 0 aliphatic carbocycles. The Bertz CT molecular complexity index is 284. The minimum atomic E-state index is -4.23. The van der Waals surface area contributed by atoms with Gasteiger partial charge in [-0.3, -0.25) is 4.79 Å². The zero-order valence-electron chi connectivity index (χ0n) is 11.8. The summed E-state index contributed by atoms with van der Waals surface area (Å²) in [6.07, 6.45) is -5.46. The summed E-state index contributed by atoms with van der Waals surface area (Å²) in [5.41, 5.74) is -0.957. The zero-order chi connectivity index (χ0) is 15.1. The van der Waals surface area contributed by atoms with Gasteiger partial charge >= 0.3 is 12.1 Å². The van der Waals surface area contributed by atoms with E-state index in [2.05, 4.69) is 5.32 Å². The highest BCUT2D eigenvalue weighted by molar-refractivity contribution is 5.80. The van der Waals surface area contributed by atoms with E-state index in [-0.39, 0.29) is 6.42 Å². The highest BCUT2D eigenvalue weighted by Gasteiger charge is 2.35. The predicted molar refractivity (Wildman–Crippen MR) is 64.8 cm³/mol. The van der Waals surface area contributed by atoms with E-state index >= 15 is 0 Å². The summed E-state index contributed by atoms with van der Waals surface area (Å²) in [6, 6.07) is 0. The van der Waals surface area contributed by atoms with E-state index in [1.165, 1.54) is 7.11 Å². The summed E-state index contributed by atoms with van der Waals surface area (Å²) >= 11 is 0. The number of nitrogens with one attached hydrogen (secondary N) is 1. The standard InChI is InChI=1S/C12H22F3NO3/c1-5-16-11(3,10(17)18-4)8-9(2)19-7-6-12(13,14)15/h9,16H,5-8H2,1-4H3. The Labute approximate surface area is 111 Å². The molecule has 4 nitrogen and oxygen atoms in total. The molecule has 0 rings (SSSR count). The molecule has 0 heterocycles. The first-order valence-corrected chi connectivity index (χ1v) is 6.16. The number of ether oxygens (including phenoxy) is 2. The minimum absolute atomic E-state index is 0.241. The van der Waals surface area contributed by atoms with Crippen molar-refractivity contribution >= 4 is 5.97 Å². The first-order chi connectivity index (χ1) is 8.64. The van der Waals surface area contributed by atoms with Gasteiger partial charge in [0.05, 0.1) is 26.2 Å². The average molecular weight is 285 g/mol. The third kappa shape index (κ3) is 7.37. The fourth-order valence-corrected chi connectivity index (χ4v) is 1.85. The summed E-state index contributed by atoms with van der Waals surface area (Å²) in [5.74, 6) is -0.458. The fourth-order valence-electron chi connectivity index (χ4n) is 1.85. The summed E-state index contributed by atoms with van der Waals surface area (Å²) in [4.78, 5) is 11.7. The van der Waals surface area contributed by atoms with Crippen molar-refractivity contribution in [1.82, 2.24) is 5.32 Å². The van der Waals surface area contributed by atoms with Gasteiger partial charge in [-0.25, -0.2) is 0 Å². The lowest BCUT2D eigenvalue weighted by molar-refractivity contribution is -0.155. The summed E-state index contributed by atoms with van der Waals surface area (Å²) in [6.45, 7) is 5.24. The number of hydrogen-bond acceptors (Lipinski definition) is 4. The van der Waals surface area contributed by atoms with Gasteiger partial charge in [-0.2, -0.15) is 13.2 Å². The number of alkyl halides is 3. The van der Waals surface area contributed by atoms with Crippen LogP contribution in [-0.4, -0.2) is 44.0 Å². The topological polar surface area (TPSA) is 47.6 Å². The predicted octanol–water partition coefficient (Wildman–Crippen LogP) is 2.28. The van der Waals surface area contributed by atoms with E-state index in [4.69, 9.17) is 9.47 Å². The van der Waals surface area contributed by atoms with Crippen LogP contribution >= 0.6 is 0 Å². The first-order valence-electron chi connectivity index (χ1n) is 6.16. The van der Waals surface area contributed by atoms with Crippen molar-refractivity contribution in [2.45, 2.75) is 51.4 Å². The molecular weight excluding hydrogens is 263 g/mol. The average Bonchev–Trinajstić information content (AvgIpc) is 2.26. The number of methoxy groups -OCH3 is 1. The third-order valence-electron chi connectivity index (χ3n) is 2.69. The van der Waals surface area contributed by atoms with E-state index < -0.39 is 36.8 Å². The minimum Gasteiger partial charge on any atom is -0.468 e. The lowest BCUT2D eigenvalue weighted by atomic mass is 9.94. The van der Waals surface area contributed by atoms with Gasteiger partial charge in [0.1, 0.15) is 5.54 Å². The Morgan fingerprint density at radius 3 is 2.37 bits per heavy atom. The number of halogens is 3. The van der Waals surface area contributed by atoms with Crippen LogP contribution < -0.4 is 5.32 Å². The Hall–Kier alpha value is -0.820. The molecular formula is C12H22F3NO3. The number of esters is 1. The molecule has 0 aromatic rings. The molecule has 19 heavy (non-hydrogen) atoms. The van der Waals surface area contributed by atoms with Crippen molar-refractivity contribution in [3.05, 3.63) is 0 Å². The van der Waals surface area contributed by atoms with Crippen LogP contribution in [0.2, 0.25) is 0 Å². The van der Waals surface area contributed by atoms with Crippen LogP contribution in [0.5, 0.6) is 0 Å². The van der Waals surface area contributed by atoms with Gasteiger partial charge in [-0.15, -0.1) is 0 Å². The molecule has 0 amide bonds. The molecule has 114 valence electrons. The zero-order valence-corrected chi connectivity index (χ0v) is 11.8. The molecule has 2 unspecified atom stereocenters. The largest absolute Gasteiger partial charge is 0.468 e. The maximum absolute atomic E-state index is 12.0. The van der Waals surface area contributed by atoms with Crippen molar-refractivity contribution in [2.24, 2.45) is 0 Å². The number of hydrogen-bond donors (Lipinski definition) is 1. The Kier molecular flexibility index (Phi) is 7.36. The van der Waals surface area contributed by atoms with Crippen LogP contribution in [0.3, 0.4) is 0 Å². The molecule has 0 radical (unpaired) electrons. The summed E-state index contributed by atoms with van der Waals surface area (Å²) in [7, 11) is 1.27. The molecule has 0 fully saturated rings. The van der Waals surface area contributed by atoms with Crippen molar-refractivity contribution in [3.8, 4) is 0 Å². The van der Waals surface area contributed by atoms with Gasteiger partial charge in [0.25, 0.3) is 0 Å². The smallest absolute Gasteiger partial charge is 0.391 e. The quantitative estimate of drug-likeness (QED) is 0.695. The molecule has 2 atom stereocenters. The number of likely N-dealkylation sites (N-methyl/N-ethyl adjacent to an activating group) is 1. The lowest BCUT2D eigenvalue weighted by Gasteiger charge is -2.30. The maximum Gasteiger partial charge on any atom is 0.391 e. The fraction of sp³-hybridized carbons (Fsp3) is 0.917. The van der Waals surface area contributed by atoms with E-state index in [0.29, 0.717) is 6.54 Å². The van der Waals surface area contributed by atoms with Crippen molar-refractivity contribution in [2.75, 3.05) is 20.3 Å². The molecule has 0 aliphatic rings. The molecule has 7 heteroatoms. The lowest BCUT2D eigenvalue weighted by Crippen LogP contribution is -2.52. The van der Waals surface area contributed by atoms with E-state index in [0.717, 1.165) is 0 Å². The van der Waals surface area contributed by atoms with Gasteiger partial charge in [-0.05, 0) is 20.4 Å². The highest BCUT2D eigenvalue weighted by atomic mass is 19.4. The third-order valence-corrected chi connectivity index (χ3v) is 2.69. The van der Waals surface area contributed by atoms with Crippen LogP contribution in [0, 0.1) is 0 Å². The Morgan fingerprint density at radius 2 is 1.95 bits per heavy atom. The monoisotopic (exact) mass is 285 g/mol. The molecule has 0 saturated carbocycles. The SMILES string of the molecule is CCNC(C)(CC(C)OCCC(F)(F)F)C(=O)OC. The van der Waals surface area contributed by atoms with Crippen LogP contribution in [0.1, 0.15) is 33.6 Å². The first kappa shape index (κ1) is 18.2. The number of rotatable bonds is 8. The summed E-state index contributed by atoms with van der Waals surface area (Å²) < 4.78 is 45.7. The van der Waals surface area contributed by atoms with Gasteiger partial charge in [0.15, 0.2) is 0 Å². The second-order valence-electron chi connectivity index (χ2n) is 4.60. The van der Waals surface area contributed by atoms with Gasteiger partial charge in [-0.1, -0.05) is 6.92 Å². The molecule has 0 aliphatic heterocycles. The Morgan fingerprint density at radius 1 is 1.37 bits per heavy atom. The van der Waals surface area contributed by atoms with Gasteiger partial charge < -0.3 is 14.8 Å². The highest BCUT2D eigenvalue weighted by Crippen LogP contribution is 2.21. The van der Waals surface area contributed by atoms with Crippen LogP contribution in [-0.2, 0) is 14.3 Å². The van der Waals surface area contributed by atoms with E-state index in [9.17, 15) is 18.0 Å².